The van der Waals surface area contributed by atoms with E-state index in [1.807, 2.05) is 97.3 Å². The van der Waals surface area contributed by atoms with Gasteiger partial charge >= 0.3 is 0 Å². The maximum atomic E-state index is 13.2. The molecule has 1 unspecified atom stereocenters. The van der Waals surface area contributed by atoms with Gasteiger partial charge in [0.2, 0.25) is 0 Å². The quantitative estimate of drug-likeness (QED) is 0.0267. The van der Waals surface area contributed by atoms with Crippen molar-refractivity contribution in [3.63, 3.8) is 0 Å². The second-order valence-electron chi connectivity index (χ2n) is 14.3. The Kier molecular flexibility index (Phi) is 20.9. The van der Waals surface area contributed by atoms with Gasteiger partial charge in [-0.1, -0.05) is 41.5 Å². The maximum Gasteiger partial charge on any atom is 0.252 e. The number of aromatic nitrogens is 7. The van der Waals surface area contributed by atoms with E-state index in [2.05, 4.69) is 42.6 Å². The van der Waals surface area contributed by atoms with E-state index in [0.29, 0.717) is 48.5 Å². The molecule has 0 aliphatic heterocycles. The molecule has 5 heterocycles. The summed E-state index contributed by atoms with van der Waals surface area (Å²) in [6.45, 7) is 0. The molecule has 0 fully saturated rings. The number of hydrogen-bond acceptors (Lipinski definition) is 13. The zero-order valence-electron chi connectivity index (χ0n) is 35.5. The molecule has 0 aliphatic rings. The van der Waals surface area contributed by atoms with E-state index >= 15 is 0 Å². The first-order chi connectivity index (χ1) is 31.6. The minimum Gasteiger partial charge on any atom is -0.748 e. The number of rotatable bonds is 19. The van der Waals surface area contributed by atoms with Gasteiger partial charge in [-0.15, -0.1) is 12.1 Å². The summed E-state index contributed by atoms with van der Waals surface area (Å²) in [6, 6.07) is 38.3. The molecule has 0 saturated carbocycles. The first-order valence-corrected chi connectivity index (χ1v) is 24.6. The van der Waals surface area contributed by atoms with Crippen LogP contribution in [0.5, 0.6) is 0 Å². The summed E-state index contributed by atoms with van der Waals surface area (Å²) in [4.78, 5) is 51.2. The second-order valence-corrected chi connectivity index (χ2v) is 18.2. The summed E-state index contributed by atoms with van der Waals surface area (Å²) < 4.78 is 38.2. The Morgan fingerprint density at radius 3 is 1.94 bits per heavy atom. The first kappa shape index (κ1) is 51.1. The smallest absolute Gasteiger partial charge is 0.252 e. The predicted molar refractivity (Wildman–Crippen MR) is 253 cm³/mol. The number of nitrogens with zero attached hydrogens (tertiary/aromatic N) is 7. The summed E-state index contributed by atoms with van der Waals surface area (Å²) in [5, 5.41) is 12.8. The number of fused-ring (bicyclic) bond motifs is 3. The molecule has 14 nitrogen and oxygen atoms in total. The fraction of sp³-hybridized carbons (Fsp3) is 0.208. The van der Waals surface area contributed by atoms with Crippen molar-refractivity contribution < 1.29 is 47.5 Å². The number of ketones is 2. The van der Waals surface area contributed by atoms with E-state index in [1.54, 1.807) is 73.9 Å². The van der Waals surface area contributed by atoms with Crippen molar-refractivity contribution >= 4 is 71.0 Å². The first-order valence-electron chi connectivity index (χ1n) is 20.7. The molecule has 5 aromatic heterocycles. The van der Waals surface area contributed by atoms with Gasteiger partial charge in [0.1, 0.15) is 16.9 Å². The summed E-state index contributed by atoms with van der Waals surface area (Å²) >= 11 is 0. The zero-order chi connectivity index (χ0) is 45.7. The Morgan fingerprint density at radius 2 is 1.32 bits per heavy atom. The van der Waals surface area contributed by atoms with Crippen molar-refractivity contribution in [3.05, 3.63) is 170 Å². The van der Waals surface area contributed by atoms with Crippen LogP contribution in [-0.4, -0.2) is 82.5 Å². The number of amides is 1. The van der Waals surface area contributed by atoms with E-state index in [0.717, 1.165) is 34.0 Å². The number of para-hydroxylation sites is 2. The van der Waals surface area contributed by atoms with Crippen LogP contribution < -0.4 is 5.32 Å². The molecule has 0 bridgehead atoms. The molecule has 0 spiro atoms. The number of Topliss-reactive ketones (excluding diaryl/α,β-unsaturated/α-hetero) is 2. The fourth-order valence-electron chi connectivity index (χ4n) is 6.41. The molecule has 18 heteroatoms. The SMILES string of the molecule is O=C(CCCCCC(=O)C(CS(=O)(=O)[O-])NC(=O)c1ccnc2c1ccc1cccnc12)CCCSSc1ccccn1.[Ir].[c-]1ccccc1-n1cccn1.[c-]1ccccc1-n1cccn1. The molecule has 1 amide bonds. The molecule has 8 rings (SSSR count). The molecule has 1 N–H and O–H groups in total. The van der Waals surface area contributed by atoms with Crippen LogP contribution in [0.4, 0.5) is 0 Å². The van der Waals surface area contributed by atoms with Gasteiger partial charge in [0.25, 0.3) is 5.91 Å². The minimum absolute atomic E-state index is 0. The molecule has 66 heavy (non-hydrogen) atoms. The van der Waals surface area contributed by atoms with Crippen LogP contribution in [0.15, 0.2) is 158 Å². The number of pyridine rings is 3. The topological polar surface area (TPSA) is 195 Å². The molecular weight excluding hydrogens is 1070 g/mol. The van der Waals surface area contributed by atoms with Crippen LogP contribution in [0.1, 0.15) is 55.3 Å². The van der Waals surface area contributed by atoms with Crippen molar-refractivity contribution in [1.29, 1.82) is 0 Å². The largest absolute Gasteiger partial charge is 0.748 e. The van der Waals surface area contributed by atoms with Crippen molar-refractivity contribution in [2.45, 2.75) is 56.0 Å². The van der Waals surface area contributed by atoms with Crippen LogP contribution in [0.3, 0.4) is 0 Å². The summed E-state index contributed by atoms with van der Waals surface area (Å²) in [5.41, 5.74) is 3.21. The molecule has 3 aromatic carbocycles. The molecule has 0 saturated heterocycles. The van der Waals surface area contributed by atoms with Gasteiger partial charge in [0.15, 0.2) is 5.78 Å². The normalized spacial score (nSPS) is 11.3. The fourth-order valence-corrected chi connectivity index (χ4v) is 9.05. The van der Waals surface area contributed by atoms with Gasteiger partial charge in [0, 0.05) is 99.3 Å². The number of unbranched alkanes of at least 4 members (excludes halogenated alkanes) is 2. The number of nitrogens with one attached hydrogen (secondary N) is 1. The van der Waals surface area contributed by atoms with Crippen LogP contribution >= 0.6 is 21.6 Å². The Hall–Kier alpha value is -5.88. The van der Waals surface area contributed by atoms with Crippen LogP contribution in [0.2, 0.25) is 0 Å². The van der Waals surface area contributed by atoms with Gasteiger partial charge in [-0.05, 0) is 77.8 Å². The molecular formula is C48H45IrN8O6S3-3. The van der Waals surface area contributed by atoms with E-state index in [4.69, 9.17) is 0 Å². The van der Waals surface area contributed by atoms with E-state index in [9.17, 15) is 27.4 Å². The third-order valence-electron chi connectivity index (χ3n) is 9.52. The third-order valence-corrected chi connectivity index (χ3v) is 12.6. The predicted octanol–water partition coefficient (Wildman–Crippen LogP) is 8.47. The average Bonchev–Trinajstić information content (AvgIpc) is 4.09. The Bertz CT molecular complexity index is 2760. The van der Waals surface area contributed by atoms with Gasteiger partial charge < -0.3 is 9.87 Å². The van der Waals surface area contributed by atoms with Gasteiger partial charge in [-0.25, -0.2) is 13.4 Å². The minimum atomic E-state index is -4.80. The number of benzene rings is 3. The molecule has 1 atom stereocenters. The third kappa shape index (κ3) is 16.5. The van der Waals surface area contributed by atoms with Gasteiger partial charge in [-0.2, -0.15) is 58.7 Å². The Labute approximate surface area is 404 Å². The van der Waals surface area contributed by atoms with E-state index < -0.39 is 33.6 Å². The zero-order valence-corrected chi connectivity index (χ0v) is 40.4. The number of carbonyl (C=O) groups excluding carboxylic acids is 3. The molecule has 0 aliphatic carbocycles. The van der Waals surface area contributed by atoms with Crippen molar-refractivity contribution in [1.82, 2.24) is 39.8 Å². The number of hydrogen-bond donors (Lipinski definition) is 1. The molecule has 343 valence electrons. The van der Waals surface area contributed by atoms with E-state index in [-0.39, 0.29) is 37.9 Å². The summed E-state index contributed by atoms with van der Waals surface area (Å²) in [5.74, 6) is -1.29. The monoisotopic (exact) mass is 1120 g/mol. The standard InChI is InChI=1S/C30H32N4O6S3.2C9H7N2.Ir/c35-22(10-7-19-41-42-27-12-4-5-16-31-27)9-2-1-3-11-26(36)25(20-43(38,39)40)34-30(37)24-15-18-33-29-23(24)14-13-21-8-6-17-32-28(21)29;2*1-2-5-9(6-3-1)11-8-4-7-10-11;/h4-6,8,12-18,25H,1-3,7,9-11,19-20H2,(H,34,37)(H,38,39,40);2*1-5,7-8H;/q;2*-1;/p-1. The van der Waals surface area contributed by atoms with Crippen LogP contribution in [0.25, 0.3) is 33.2 Å². The van der Waals surface area contributed by atoms with Crippen molar-refractivity contribution in [2.75, 3.05) is 11.5 Å². The Balaban J connectivity index is 0.000000284. The average molecular weight is 1120 g/mol. The molecule has 1 radical (unpaired) electrons. The van der Waals surface area contributed by atoms with Gasteiger partial charge in [-0.3, -0.25) is 33.7 Å². The summed E-state index contributed by atoms with van der Waals surface area (Å²) in [7, 11) is -1.56. The van der Waals surface area contributed by atoms with Crippen molar-refractivity contribution in [2.24, 2.45) is 0 Å². The maximum absolute atomic E-state index is 13.2. The number of carbonyl (C=O) groups is 3. The summed E-state index contributed by atoms with van der Waals surface area (Å²) in [6.07, 6.45) is 15.3. The van der Waals surface area contributed by atoms with E-state index in [1.165, 1.54) is 12.3 Å². The van der Waals surface area contributed by atoms with Crippen LogP contribution in [-0.2, 0) is 39.8 Å². The van der Waals surface area contributed by atoms with Crippen molar-refractivity contribution in [3.8, 4) is 11.4 Å². The van der Waals surface area contributed by atoms with Crippen LogP contribution in [0, 0.1) is 12.1 Å². The molecule has 8 aromatic rings. The Morgan fingerprint density at radius 1 is 0.667 bits per heavy atom. The second kappa shape index (κ2) is 26.9. The van der Waals surface area contributed by atoms with Gasteiger partial charge in [0.05, 0.1) is 32.5 Å².